The second-order valence-electron chi connectivity index (χ2n) is 6.30. The molecule has 8 heteroatoms. The Morgan fingerprint density at radius 2 is 2.17 bits per heavy atom. The number of carbonyl (C=O) groups excluding carboxylic acids is 1. The molecule has 3 rings (SSSR count). The quantitative estimate of drug-likeness (QED) is 0.801. The molecule has 0 aliphatic carbocycles. The van der Waals surface area contributed by atoms with Crippen molar-refractivity contribution in [2.75, 3.05) is 45.3 Å². The Hall–Kier alpha value is -1.80. The van der Waals surface area contributed by atoms with Gasteiger partial charge in [-0.05, 0) is 6.42 Å². The Balaban J connectivity index is 1.51. The highest BCUT2D eigenvalue weighted by Gasteiger charge is 2.48. The van der Waals surface area contributed by atoms with E-state index in [9.17, 15) is 9.18 Å². The van der Waals surface area contributed by atoms with Crippen molar-refractivity contribution < 1.29 is 18.7 Å². The van der Waals surface area contributed by atoms with E-state index in [2.05, 4.69) is 9.97 Å². The lowest BCUT2D eigenvalue weighted by Crippen LogP contribution is -2.66. The van der Waals surface area contributed by atoms with Gasteiger partial charge in [0.15, 0.2) is 5.82 Å². The maximum Gasteiger partial charge on any atom is 0.248 e. The van der Waals surface area contributed by atoms with Gasteiger partial charge in [-0.25, -0.2) is 14.4 Å². The van der Waals surface area contributed by atoms with Crippen LogP contribution >= 0.6 is 0 Å². The van der Waals surface area contributed by atoms with Crippen LogP contribution in [0.1, 0.15) is 12.8 Å². The van der Waals surface area contributed by atoms with E-state index < -0.39 is 5.82 Å². The predicted molar refractivity (Wildman–Crippen MR) is 80.6 cm³/mol. The topological polar surface area (TPSA) is 67.8 Å². The summed E-state index contributed by atoms with van der Waals surface area (Å²) < 4.78 is 24.5. The molecule has 0 saturated carbocycles. The number of hydrogen-bond donors (Lipinski definition) is 0. The highest BCUT2D eigenvalue weighted by atomic mass is 19.1. The number of likely N-dealkylation sites (N-methyl/N-ethyl adjacent to an activating group) is 1. The lowest BCUT2D eigenvalue weighted by molar-refractivity contribution is -0.156. The van der Waals surface area contributed by atoms with E-state index in [1.54, 1.807) is 14.1 Å². The van der Waals surface area contributed by atoms with Gasteiger partial charge >= 0.3 is 0 Å². The normalized spacial score (nSPS) is 22.7. The van der Waals surface area contributed by atoms with Crippen LogP contribution < -0.4 is 4.90 Å². The minimum Gasteiger partial charge on any atom is -0.371 e. The molecule has 0 N–H and O–H groups in total. The fraction of sp³-hybridized carbons (Fsp3) is 0.667. The van der Waals surface area contributed by atoms with Crippen LogP contribution in [0.2, 0.25) is 0 Å². The first kappa shape index (κ1) is 16.1. The largest absolute Gasteiger partial charge is 0.371 e. The molecule has 2 aliphatic rings. The molecule has 23 heavy (non-hydrogen) atoms. The van der Waals surface area contributed by atoms with Gasteiger partial charge in [0, 0.05) is 27.1 Å². The third kappa shape index (κ3) is 3.59. The molecule has 0 unspecified atom stereocenters. The summed E-state index contributed by atoms with van der Waals surface area (Å²) in [6.07, 6.45) is 3.87. The Kier molecular flexibility index (Phi) is 4.45. The van der Waals surface area contributed by atoms with E-state index in [0.717, 1.165) is 25.2 Å². The van der Waals surface area contributed by atoms with Crippen LogP contribution in [0.15, 0.2) is 12.4 Å². The van der Waals surface area contributed by atoms with Crippen molar-refractivity contribution in [3.8, 4) is 0 Å². The van der Waals surface area contributed by atoms with Gasteiger partial charge in [-0.3, -0.25) is 4.79 Å². The van der Waals surface area contributed by atoms with Gasteiger partial charge in [-0.2, -0.15) is 0 Å². The zero-order valence-corrected chi connectivity index (χ0v) is 13.4. The van der Waals surface area contributed by atoms with Gasteiger partial charge in [-0.15, -0.1) is 0 Å². The van der Waals surface area contributed by atoms with Crippen molar-refractivity contribution in [2.24, 2.45) is 0 Å². The smallest absolute Gasteiger partial charge is 0.248 e. The van der Waals surface area contributed by atoms with Crippen LogP contribution in [-0.4, -0.2) is 72.9 Å². The average molecular weight is 324 g/mol. The molecule has 126 valence electrons. The zero-order chi connectivity index (χ0) is 16.4. The molecule has 1 amide bonds. The number of anilines is 1. The highest BCUT2D eigenvalue weighted by Crippen LogP contribution is 2.36. The number of carbonyl (C=O) groups is 1. The van der Waals surface area contributed by atoms with Crippen LogP contribution in [0, 0.1) is 5.82 Å². The summed E-state index contributed by atoms with van der Waals surface area (Å²) in [5.41, 5.74) is -0.276. The molecule has 2 aliphatic heterocycles. The van der Waals surface area contributed by atoms with Gasteiger partial charge in [0.25, 0.3) is 0 Å². The summed E-state index contributed by atoms with van der Waals surface area (Å²) in [7, 11) is 3.42. The Morgan fingerprint density at radius 3 is 2.83 bits per heavy atom. The van der Waals surface area contributed by atoms with Crippen LogP contribution in [0.25, 0.3) is 0 Å². The van der Waals surface area contributed by atoms with Gasteiger partial charge in [0.2, 0.25) is 11.9 Å². The molecule has 0 bridgehead atoms. The highest BCUT2D eigenvalue weighted by molar-refractivity contribution is 5.76. The number of hydrogen-bond acceptors (Lipinski definition) is 6. The van der Waals surface area contributed by atoms with Crippen LogP contribution in [0.5, 0.6) is 0 Å². The maximum atomic E-state index is 12.9. The summed E-state index contributed by atoms with van der Waals surface area (Å²) >= 11 is 0. The maximum absolute atomic E-state index is 12.9. The minimum atomic E-state index is -0.447. The molecule has 1 aromatic rings. The molecule has 3 heterocycles. The first-order chi connectivity index (χ1) is 11.0. The second kappa shape index (κ2) is 6.37. The van der Waals surface area contributed by atoms with Gasteiger partial charge in [-0.1, -0.05) is 0 Å². The Morgan fingerprint density at radius 1 is 1.48 bits per heavy atom. The molecule has 1 aromatic heterocycles. The molecule has 0 radical (unpaired) electrons. The van der Waals surface area contributed by atoms with Crippen molar-refractivity contribution in [3.63, 3.8) is 0 Å². The first-order valence-electron chi connectivity index (χ1n) is 7.66. The first-order valence-corrected chi connectivity index (χ1v) is 7.66. The van der Waals surface area contributed by atoms with Crippen LogP contribution in [0.4, 0.5) is 10.3 Å². The Bertz CT molecular complexity index is 560. The van der Waals surface area contributed by atoms with Crippen molar-refractivity contribution in [1.29, 1.82) is 0 Å². The zero-order valence-electron chi connectivity index (χ0n) is 13.4. The molecule has 1 spiro atoms. The lowest BCUT2D eigenvalue weighted by Gasteiger charge is -2.52. The molecular weight excluding hydrogens is 303 g/mol. The van der Waals surface area contributed by atoms with E-state index in [1.165, 1.54) is 4.90 Å². The molecule has 7 nitrogen and oxygen atoms in total. The summed E-state index contributed by atoms with van der Waals surface area (Å²) in [4.78, 5) is 23.0. The second-order valence-corrected chi connectivity index (χ2v) is 6.30. The molecule has 1 atom stereocenters. The lowest BCUT2D eigenvalue weighted by atomic mass is 9.85. The van der Waals surface area contributed by atoms with Gasteiger partial charge in [0.1, 0.15) is 12.2 Å². The molecule has 2 fully saturated rings. The van der Waals surface area contributed by atoms with E-state index in [0.29, 0.717) is 25.6 Å². The number of ether oxygens (including phenoxy) is 2. The summed E-state index contributed by atoms with van der Waals surface area (Å²) in [5.74, 6) is 0.0175. The van der Waals surface area contributed by atoms with Crippen molar-refractivity contribution in [1.82, 2.24) is 14.9 Å². The van der Waals surface area contributed by atoms with E-state index in [1.807, 2.05) is 4.90 Å². The fourth-order valence-electron chi connectivity index (χ4n) is 2.92. The van der Waals surface area contributed by atoms with E-state index >= 15 is 0 Å². The molecule has 0 aromatic carbocycles. The third-order valence-electron chi connectivity index (χ3n) is 4.24. The summed E-state index contributed by atoms with van der Waals surface area (Å²) in [5, 5.41) is 0. The van der Waals surface area contributed by atoms with Crippen molar-refractivity contribution in [3.05, 3.63) is 18.2 Å². The molecule has 2 saturated heterocycles. The molecular formula is C15H21FN4O3. The number of nitrogens with zero attached hydrogens (tertiary/aromatic N) is 4. The number of amides is 1. The third-order valence-corrected chi connectivity index (χ3v) is 4.24. The number of rotatable bonds is 4. The monoisotopic (exact) mass is 324 g/mol. The number of halogens is 1. The Labute approximate surface area is 134 Å². The van der Waals surface area contributed by atoms with Crippen molar-refractivity contribution >= 4 is 11.9 Å². The van der Waals surface area contributed by atoms with E-state index in [-0.39, 0.29) is 24.2 Å². The fourth-order valence-corrected chi connectivity index (χ4v) is 2.92. The van der Waals surface area contributed by atoms with Crippen molar-refractivity contribution in [2.45, 2.75) is 24.5 Å². The average Bonchev–Trinajstić information content (AvgIpc) is 2.51. The van der Waals surface area contributed by atoms with Crippen LogP contribution in [0.3, 0.4) is 0 Å². The van der Waals surface area contributed by atoms with E-state index in [4.69, 9.17) is 9.47 Å². The summed E-state index contributed by atoms with van der Waals surface area (Å²) in [6.45, 7) is 2.01. The SMILES string of the molecule is CN(C)C(=O)CO[C@H]1CCOC2(C1)CN(c1ncc(F)cn1)C2. The van der Waals surface area contributed by atoms with Gasteiger partial charge in [0.05, 0.1) is 31.6 Å². The standard InChI is InChI=1S/C15H21FN4O3/c1-19(2)13(21)8-22-12-3-4-23-15(5-12)9-20(10-15)14-17-6-11(16)7-18-14/h6-7,12H,3-5,8-10H2,1-2H3/t12-/m0/s1. The number of aromatic nitrogens is 2. The van der Waals surface area contributed by atoms with Crippen LogP contribution in [-0.2, 0) is 14.3 Å². The minimum absolute atomic E-state index is 0.0175. The summed E-state index contributed by atoms with van der Waals surface area (Å²) in [6, 6.07) is 0. The van der Waals surface area contributed by atoms with Gasteiger partial charge < -0.3 is 19.3 Å². The predicted octanol–water partition coefficient (Wildman–Crippen LogP) is 0.458.